The second kappa shape index (κ2) is 7.97. The number of hydrogen-bond acceptors (Lipinski definition) is 4. The first-order valence-electron chi connectivity index (χ1n) is 6.27. The summed E-state index contributed by atoms with van der Waals surface area (Å²) in [5.41, 5.74) is -1.06. The molecular weight excluding hydrogens is 317 g/mol. The summed E-state index contributed by atoms with van der Waals surface area (Å²) in [7, 11) is 0. The molecule has 1 rings (SSSR count). The van der Waals surface area contributed by atoms with Gasteiger partial charge in [0.15, 0.2) is 6.61 Å². The van der Waals surface area contributed by atoms with Crippen molar-refractivity contribution >= 4 is 17.9 Å². The summed E-state index contributed by atoms with van der Waals surface area (Å²) in [6.07, 6.45) is -3.12. The molecule has 1 aromatic rings. The van der Waals surface area contributed by atoms with Crippen LogP contribution in [0.1, 0.15) is 15.9 Å². The van der Waals surface area contributed by atoms with E-state index >= 15 is 0 Å². The summed E-state index contributed by atoms with van der Waals surface area (Å²) in [5, 5.41) is 4.15. The van der Waals surface area contributed by atoms with E-state index in [1.165, 1.54) is 6.08 Å². The predicted octanol–water partition coefficient (Wildman–Crippen LogP) is 1.87. The van der Waals surface area contributed by atoms with E-state index in [9.17, 15) is 27.6 Å². The molecule has 0 fully saturated rings. The van der Waals surface area contributed by atoms with E-state index in [1.807, 2.05) is 5.32 Å². The average molecular weight is 330 g/mol. The first kappa shape index (κ1) is 18.2. The van der Waals surface area contributed by atoms with Crippen LogP contribution in [0.25, 0.3) is 0 Å². The molecule has 0 aliphatic carbocycles. The first-order chi connectivity index (χ1) is 10.7. The molecule has 124 valence electrons. The van der Waals surface area contributed by atoms with Crippen LogP contribution in [-0.2, 0) is 15.7 Å². The molecule has 0 heterocycles. The van der Waals surface area contributed by atoms with Gasteiger partial charge >= 0.3 is 18.2 Å². The summed E-state index contributed by atoms with van der Waals surface area (Å²) in [6, 6.07) is 2.51. The fourth-order valence-corrected chi connectivity index (χ4v) is 1.38. The molecule has 2 N–H and O–H groups in total. The lowest BCUT2D eigenvalue weighted by molar-refractivity contribution is -0.137. The summed E-state index contributed by atoms with van der Waals surface area (Å²) < 4.78 is 41.7. The Morgan fingerprint density at radius 1 is 1.17 bits per heavy atom. The van der Waals surface area contributed by atoms with Crippen LogP contribution in [0.2, 0.25) is 0 Å². The largest absolute Gasteiger partial charge is 0.452 e. The Kier molecular flexibility index (Phi) is 6.31. The van der Waals surface area contributed by atoms with Crippen molar-refractivity contribution in [2.24, 2.45) is 0 Å². The number of alkyl halides is 3. The van der Waals surface area contributed by atoms with Gasteiger partial charge in [-0.2, -0.15) is 13.2 Å². The van der Waals surface area contributed by atoms with Gasteiger partial charge in [0.1, 0.15) is 0 Å². The van der Waals surface area contributed by atoms with Gasteiger partial charge in [-0.1, -0.05) is 6.08 Å². The van der Waals surface area contributed by atoms with Gasteiger partial charge in [0.05, 0.1) is 11.1 Å². The second-order valence-electron chi connectivity index (χ2n) is 4.20. The van der Waals surface area contributed by atoms with Crippen LogP contribution in [0, 0.1) is 0 Å². The number of esters is 1. The highest BCUT2D eigenvalue weighted by Gasteiger charge is 2.30. The fourth-order valence-electron chi connectivity index (χ4n) is 1.38. The number of amides is 3. The molecule has 9 heteroatoms. The zero-order chi connectivity index (χ0) is 17.5. The highest BCUT2D eigenvalue weighted by atomic mass is 19.4. The van der Waals surface area contributed by atoms with E-state index in [2.05, 4.69) is 16.6 Å². The van der Waals surface area contributed by atoms with Crippen LogP contribution in [0.15, 0.2) is 36.9 Å². The number of imide groups is 1. The summed E-state index contributed by atoms with van der Waals surface area (Å²) >= 11 is 0. The smallest absolute Gasteiger partial charge is 0.416 e. The molecule has 6 nitrogen and oxygen atoms in total. The van der Waals surface area contributed by atoms with Gasteiger partial charge in [-0.25, -0.2) is 9.59 Å². The van der Waals surface area contributed by atoms with Gasteiger partial charge < -0.3 is 10.1 Å². The number of urea groups is 1. The van der Waals surface area contributed by atoms with Gasteiger partial charge in [0.25, 0.3) is 5.91 Å². The molecule has 1 aromatic carbocycles. The Morgan fingerprint density at radius 2 is 1.78 bits per heavy atom. The molecule has 0 bridgehead atoms. The van der Waals surface area contributed by atoms with Crippen molar-refractivity contribution < 1.29 is 32.3 Å². The van der Waals surface area contributed by atoms with Gasteiger partial charge in [-0.05, 0) is 24.3 Å². The lowest BCUT2D eigenvalue weighted by Crippen LogP contribution is -2.41. The van der Waals surface area contributed by atoms with Gasteiger partial charge in [-0.15, -0.1) is 6.58 Å². The summed E-state index contributed by atoms with van der Waals surface area (Å²) in [5.74, 6) is -1.87. The van der Waals surface area contributed by atoms with Crippen molar-refractivity contribution in [2.75, 3.05) is 13.2 Å². The summed E-state index contributed by atoms with van der Waals surface area (Å²) in [4.78, 5) is 34.0. The highest BCUT2D eigenvalue weighted by Crippen LogP contribution is 2.29. The van der Waals surface area contributed by atoms with E-state index < -0.39 is 36.3 Å². The number of ether oxygens (including phenoxy) is 1. The average Bonchev–Trinajstić information content (AvgIpc) is 2.49. The molecule has 0 saturated carbocycles. The molecular formula is C14H13F3N2O4. The number of benzene rings is 1. The second-order valence-corrected chi connectivity index (χ2v) is 4.20. The van der Waals surface area contributed by atoms with Gasteiger partial charge in [0.2, 0.25) is 0 Å². The van der Waals surface area contributed by atoms with Crippen LogP contribution in [0.3, 0.4) is 0 Å². The molecule has 0 aliphatic rings. The van der Waals surface area contributed by atoms with Gasteiger partial charge in [-0.3, -0.25) is 10.1 Å². The molecule has 0 aliphatic heterocycles. The van der Waals surface area contributed by atoms with Crippen molar-refractivity contribution in [3.8, 4) is 0 Å². The molecule has 0 unspecified atom stereocenters. The molecule has 3 amide bonds. The standard InChI is InChI=1S/C14H13F3N2O4/c1-2-7-18-13(22)19-11(20)8-23-12(21)9-3-5-10(6-4-9)14(15,16)17/h2-6H,1,7-8H2,(H2,18,19,20,22). The minimum absolute atomic E-state index is 0.143. The third-order valence-corrected chi connectivity index (χ3v) is 2.44. The number of carbonyl (C=O) groups is 3. The minimum Gasteiger partial charge on any atom is -0.452 e. The predicted molar refractivity (Wildman–Crippen MR) is 73.5 cm³/mol. The van der Waals surface area contributed by atoms with E-state index in [0.29, 0.717) is 0 Å². The number of rotatable bonds is 5. The topological polar surface area (TPSA) is 84.5 Å². The van der Waals surface area contributed by atoms with Crippen LogP contribution < -0.4 is 10.6 Å². The zero-order valence-electron chi connectivity index (χ0n) is 11.8. The van der Waals surface area contributed by atoms with Gasteiger partial charge in [0, 0.05) is 6.54 Å². The van der Waals surface area contributed by atoms with Crippen molar-refractivity contribution in [3.05, 3.63) is 48.0 Å². The zero-order valence-corrected chi connectivity index (χ0v) is 11.8. The molecule has 0 spiro atoms. The Hall–Kier alpha value is -2.84. The monoisotopic (exact) mass is 330 g/mol. The molecule has 0 aromatic heterocycles. The van der Waals surface area contributed by atoms with Crippen molar-refractivity contribution in [1.29, 1.82) is 0 Å². The third kappa shape index (κ3) is 6.20. The molecule has 23 heavy (non-hydrogen) atoms. The number of carbonyl (C=O) groups excluding carboxylic acids is 3. The lowest BCUT2D eigenvalue weighted by Gasteiger charge is -2.08. The van der Waals surface area contributed by atoms with E-state index in [0.717, 1.165) is 24.3 Å². The van der Waals surface area contributed by atoms with Crippen molar-refractivity contribution in [3.63, 3.8) is 0 Å². The quantitative estimate of drug-likeness (QED) is 0.638. The number of nitrogens with one attached hydrogen (secondary N) is 2. The summed E-state index contributed by atoms with van der Waals surface area (Å²) in [6.45, 7) is 2.75. The molecule has 0 saturated heterocycles. The molecule has 0 radical (unpaired) electrons. The van der Waals surface area contributed by atoms with E-state index in [-0.39, 0.29) is 12.1 Å². The van der Waals surface area contributed by atoms with Crippen LogP contribution in [0.4, 0.5) is 18.0 Å². The third-order valence-electron chi connectivity index (χ3n) is 2.44. The van der Waals surface area contributed by atoms with Crippen molar-refractivity contribution in [1.82, 2.24) is 10.6 Å². The van der Waals surface area contributed by atoms with E-state index in [4.69, 9.17) is 0 Å². The Labute approximate surface area is 129 Å². The lowest BCUT2D eigenvalue weighted by atomic mass is 10.1. The first-order valence-corrected chi connectivity index (χ1v) is 6.27. The maximum Gasteiger partial charge on any atom is 0.416 e. The van der Waals surface area contributed by atoms with Crippen LogP contribution >= 0.6 is 0 Å². The Balaban J connectivity index is 2.49. The Morgan fingerprint density at radius 3 is 2.30 bits per heavy atom. The highest BCUT2D eigenvalue weighted by molar-refractivity contribution is 5.97. The SMILES string of the molecule is C=CCNC(=O)NC(=O)COC(=O)c1ccc(C(F)(F)F)cc1. The fraction of sp³-hybridized carbons (Fsp3) is 0.214. The minimum atomic E-state index is -4.51. The Bertz CT molecular complexity index is 597. The van der Waals surface area contributed by atoms with Crippen LogP contribution in [-0.4, -0.2) is 31.1 Å². The van der Waals surface area contributed by atoms with E-state index in [1.54, 1.807) is 0 Å². The normalized spacial score (nSPS) is 10.6. The van der Waals surface area contributed by atoms with Crippen LogP contribution in [0.5, 0.6) is 0 Å². The number of halogens is 3. The number of hydrogen-bond donors (Lipinski definition) is 2. The van der Waals surface area contributed by atoms with Crippen molar-refractivity contribution in [2.45, 2.75) is 6.18 Å². The maximum absolute atomic E-state index is 12.4. The molecule has 0 atom stereocenters. The maximum atomic E-state index is 12.4.